The van der Waals surface area contributed by atoms with Gasteiger partial charge >= 0.3 is 0 Å². The normalized spacial score (nSPS) is 38.6. The first-order valence-corrected chi connectivity index (χ1v) is 10.1. The summed E-state index contributed by atoms with van der Waals surface area (Å²) in [4.78, 5) is 14.9. The van der Waals surface area contributed by atoms with Crippen LogP contribution in [0.25, 0.3) is 0 Å². The lowest BCUT2D eigenvalue weighted by Crippen LogP contribution is -2.74. The molecule has 0 aromatic heterocycles. The number of thiol groups is 1. The van der Waals surface area contributed by atoms with Gasteiger partial charge in [-0.05, 0) is 32.7 Å². The van der Waals surface area contributed by atoms with Gasteiger partial charge < -0.3 is 40.7 Å². The maximum atomic E-state index is 12.9. The summed E-state index contributed by atoms with van der Waals surface area (Å²) >= 11 is 3.96. The number of hydrogen-bond acceptors (Lipinski definition) is 10. The van der Waals surface area contributed by atoms with Crippen LogP contribution in [0, 0.1) is 0 Å². The second-order valence-corrected chi connectivity index (χ2v) is 8.09. The van der Waals surface area contributed by atoms with Gasteiger partial charge in [0.2, 0.25) is 5.91 Å². The van der Waals surface area contributed by atoms with Crippen LogP contribution in [0.2, 0.25) is 0 Å². The smallest absolute Gasteiger partial charge is 0.239 e. The molecule has 2 rings (SSSR count). The van der Waals surface area contributed by atoms with Gasteiger partial charge in [0.1, 0.15) is 36.0 Å². The Kier molecular flexibility index (Phi) is 8.10. The fourth-order valence-corrected chi connectivity index (χ4v) is 4.13. The minimum atomic E-state index is -2.61. The van der Waals surface area contributed by atoms with Crippen LogP contribution in [0.1, 0.15) is 33.1 Å². The summed E-state index contributed by atoms with van der Waals surface area (Å²) in [5.41, 5.74) is -3.90. The summed E-state index contributed by atoms with van der Waals surface area (Å²) in [6.07, 6.45) is -6.63. The molecule has 0 aromatic carbocycles. The van der Waals surface area contributed by atoms with E-state index in [1.54, 1.807) is 0 Å². The number of nitrogens with zero attached hydrogens (tertiary/aromatic N) is 1. The number of likely N-dealkylation sites (tertiary alicyclic amines) is 1. The zero-order valence-corrected chi connectivity index (χ0v) is 16.9. The van der Waals surface area contributed by atoms with E-state index in [-0.39, 0.29) is 6.04 Å². The molecule has 3 unspecified atom stereocenters. The number of carbonyl (C=O) groups excluding carboxylic acids is 1. The minimum Gasteiger partial charge on any atom is -0.393 e. The molecular formula is C17H32N2O8S. The third kappa shape index (κ3) is 4.47. The molecular weight excluding hydrogens is 392 g/mol. The van der Waals surface area contributed by atoms with Gasteiger partial charge in [-0.15, -0.1) is 12.6 Å². The fourth-order valence-electron chi connectivity index (χ4n) is 3.82. The van der Waals surface area contributed by atoms with Crippen molar-refractivity contribution in [1.82, 2.24) is 10.2 Å². The van der Waals surface area contributed by atoms with Crippen LogP contribution in [0.4, 0.5) is 0 Å². The molecule has 9 atom stereocenters. The fraction of sp³-hybridized carbons (Fsp3) is 0.941. The number of carbonyl (C=O) groups is 1. The third-order valence-corrected chi connectivity index (χ3v) is 6.21. The van der Waals surface area contributed by atoms with Gasteiger partial charge in [0.25, 0.3) is 0 Å². The Morgan fingerprint density at radius 1 is 1.32 bits per heavy atom. The van der Waals surface area contributed by atoms with Gasteiger partial charge in [0, 0.05) is 6.04 Å². The van der Waals surface area contributed by atoms with E-state index in [0.717, 1.165) is 12.8 Å². The molecule has 2 saturated heterocycles. The summed E-state index contributed by atoms with van der Waals surface area (Å²) in [6, 6.07) is -0.431. The monoisotopic (exact) mass is 424 g/mol. The van der Waals surface area contributed by atoms with Crippen LogP contribution in [0.5, 0.6) is 0 Å². The van der Waals surface area contributed by atoms with E-state index in [1.165, 1.54) is 0 Å². The molecule has 0 aliphatic carbocycles. The average Bonchev–Trinajstić information content (AvgIpc) is 3.17. The first kappa shape index (κ1) is 23.8. The minimum absolute atomic E-state index is 0.129. The topological polar surface area (TPSA) is 163 Å². The maximum absolute atomic E-state index is 12.9. The molecule has 2 fully saturated rings. The number of aliphatic hydroxyl groups is 6. The molecule has 28 heavy (non-hydrogen) atoms. The van der Waals surface area contributed by atoms with Crippen LogP contribution in [-0.2, 0) is 9.53 Å². The van der Waals surface area contributed by atoms with E-state index in [1.807, 2.05) is 18.7 Å². The highest BCUT2D eigenvalue weighted by atomic mass is 32.1. The first-order chi connectivity index (χ1) is 13.1. The number of aliphatic hydroxyl groups excluding tert-OH is 5. The molecule has 7 N–H and O–H groups in total. The molecule has 1 amide bonds. The van der Waals surface area contributed by atoms with Gasteiger partial charge in [-0.2, -0.15) is 0 Å². The predicted molar refractivity (Wildman–Crippen MR) is 101 cm³/mol. The molecule has 0 saturated carbocycles. The van der Waals surface area contributed by atoms with Crippen molar-refractivity contribution in [1.29, 1.82) is 0 Å². The molecule has 0 bridgehead atoms. The summed E-state index contributed by atoms with van der Waals surface area (Å²) in [5, 5.41) is 63.0. The van der Waals surface area contributed by atoms with Crippen molar-refractivity contribution >= 4 is 18.5 Å². The maximum Gasteiger partial charge on any atom is 0.239 e. The molecule has 2 aliphatic heterocycles. The Morgan fingerprint density at radius 3 is 2.54 bits per heavy atom. The second-order valence-electron chi connectivity index (χ2n) is 7.59. The van der Waals surface area contributed by atoms with E-state index in [2.05, 4.69) is 17.9 Å². The van der Waals surface area contributed by atoms with Crippen molar-refractivity contribution in [2.45, 2.75) is 86.9 Å². The number of hydrogen-bond donors (Lipinski definition) is 8. The van der Waals surface area contributed by atoms with Crippen molar-refractivity contribution in [2.75, 3.05) is 13.2 Å². The molecule has 0 aromatic rings. The average molecular weight is 425 g/mol. The van der Waals surface area contributed by atoms with E-state index in [0.29, 0.717) is 13.0 Å². The molecule has 10 nitrogen and oxygen atoms in total. The van der Waals surface area contributed by atoms with Crippen molar-refractivity contribution < 1.29 is 40.2 Å². The highest BCUT2D eigenvalue weighted by Crippen LogP contribution is 2.31. The van der Waals surface area contributed by atoms with Gasteiger partial charge in [-0.25, -0.2) is 0 Å². The molecule has 164 valence electrons. The first-order valence-electron chi connectivity index (χ1n) is 9.55. The van der Waals surface area contributed by atoms with Crippen LogP contribution in [0.15, 0.2) is 0 Å². The van der Waals surface area contributed by atoms with Crippen LogP contribution in [0.3, 0.4) is 0 Å². The SMILES string of the molecule is CCC(C)N1CCCC1C(=O)N[C@](O)([C@@H](O)CO)[C@H]1OC(S)[C@H](O)[C@@H](O)[C@H]1O. The van der Waals surface area contributed by atoms with E-state index >= 15 is 0 Å². The van der Waals surface area contributed by atoms with Crippen LogP contribution < -0.4 is 5.32 Å². The van der Waals surface area contributed by atoms with Crippen molar-refractivity contribution in [3.8, 4) is 0 Å². The lowest BCUT2D eigenvalue weighted by atomic mass is 9.88. The molecule has 2 aliphatic rings. The summed E-state index contributed by atoms with van der Waals surface area (Å²) in [7, 11) is 0. The van der Waals surface area contributed by atoms with Gasteiger partial charge in [0.05, 0.1) is 12.6 Å². The number of amides is 1. The summed E-state index contributed by atoms with van der Waals surface area (Å²) in [6.45, 7) is 3.74. The van der Waals surface area contributed by atoms with Crippen molar-refractivity contribution in [3.05, 3.63) is 0 Å². The van der Waals surface area contributed by atoms with Gasteiger partial charge in [-0.3, -0.25) is 9.69 Å². The largest absolute Gasteiger partial charge is 0.393 e. The van der Waals surface area contributed by atoms with E-state index < -0.39 is 60.2 Å². The van der Waals surface area contributed by atoms with E-state index in [9.17, 15) is 35.4 Å². The Balaban J connectivity index is 2.26. The summed E-state index contributed by atoms with van der Waals surface area (Å²) < 4.78 is 5.28. The molecule has 2 heterocycles. The number of rotatable bonds is 7. The second kappa shape index (κ2) is 9.54. The third-order valence-electron chi connectivity index (χ3n) is 5.78. The number of nitrogens with one attached hydrogen (secondary N) is 1. The highest BCUT2D eigenvalue weighted by molar-refractivity contribution is 7.80. The quantitative estimate of drug-likeness (QED) is 0.159. The predicted octanol–water partition coefficient (Wildman–Crippen LogP) is -2.86. The number of ether oxygens (including phenoxy) is 1. The molecule has 0 spiro atoms. The van der Waals surface area contributed by atoms with Crippen molar-refractivity contribution in [2.24, 2.45) is 0 Å². The Hall–Kier alpha value is -0.500. The lowest BCUT2D eigenvalue weighted by Gasteiger charge is -2.47. The summed E-state index contributed by atoms with van der Waals surface area (Å²) in [5.74, 6) is -0.597. The zero-order valence-electron chi connectivity index (χ0n) is 16.0. The van der Waals surface area contributed by atoms with Gasteiger partial charge in [0.15, 0.2) is 5.72 Å². The zero-order chi connectivity index (χ0) is 21.2. The molecule has 0 radical (unpaired) electrons. The van der Waals surface area contributed by atoms with Crippen LogP contribution in [-0.4, -0.2) is 108 Å². The van der Waals surface area contributed by atoms with E-state index in [4.69, 9.17) is 4.74 Å². The Morgan fingerprint density at radius 2 is 1.96 bits per heavy atom. The Bertz CT molecular complexity index is 543. The lowest BCUT2D eigenvalue weighted by molar-refractivity contribution is -0.273. The molecule has 11 heteroatoms. The standard InChI is InChI=1S/C17H32N2O8S/c1-3-8(2)19-6-4-5-9(19)15(25)18-17(26,10(21)7-20)14-12(23)11(22)13(24)16(28)27-14/h8-14,16,20-24,26,28H,3-7H2,1-2H3,(H,18,25)/t8?,9?,10-,11-,12+,13+,14-,16?,17-/m0/s1. The highest BCUT2D eigenvalue weighted by Gasteiger charge is 2.56. The van der Waals surface area contributed by atoms with Crippen LogP contribution >= 0.6 is 12.6 Å². The van der Waals surface area contributed by atoms with Gasteiger partial charge in [-0.1, -0.05) is 6.92 Å². The van der Waals surface area contributed by atoms with Crippen molar-refractivity contribution in [3.63, 3.8) is 0 Å². The Labute approximate surface area is 169 Å².